The van der Waals surface area contributed by atoms with Gasteiger partial charge >= 0.3 is 0 Å². The largest absolute Gasteiger partial charge is 0.484 e. The third kappa shape index (κ3) is 5.18. The zero-order valence-corrected chi connectivity index (χ0v) is 15.6. The minimum atomic E-state index is -0.999. The number of hydrogen-bond acceptors (Lipinski definition) is 6. The fraction of sp³-hybridized carbons (Fsp3) is 0.579. The predicted molar refractivity (Wildman–Crippen MR) is 96.2 cm³/mol. The van der Waals surface area contributed by atoms with Gasteiger partial charge in [0.2, 0.25) is 11.7 Å². The highest BCUT2D eigenvalue weighted by atomic mass is 16.7. The van der Waals surface area contributed by atoms with Gasteiger partial charge in [0.1, 0.15) is 12.4 Å². The van der Waals surface area contributed by atoms with Crippen LogP contribution in [0.2, 0.25) is 0 Å². The summed E-state index contributed by atoms with van der Waals surface area (Å²) in [7, 11) is 1.49. The molecule has 2 saturated heterocycles. The van der Waals surface area contributed by atoms with Crippen LogP contribution >= 0.6 is 0 Å². The molecule has 27 heavy (non-hydrogen) atoms. The van der Waals surface area contributed by atoms with Crippen LogP contribution in [-0.2, 0) is 23.8 Å². The third-order valence-corrected chi connectivity index (χ3v) is 4.61. The number of nitrogens with zero attached hydrogens (tertiary/aromatic N) is 2. The molecule has 1 aromatic rings. The van der Waals surface area contributed by atoms with Crippen molar-refractivity contribution in [3.8, 4) is 5.75 Å². The highest BCUT2D eigenvalue weighted by molar-refractivity contribution is 5.78. The highest BCUT2D eigenvalue weighted by Gasteiger charge is 2.43. The number of benzene rings is 1. The maximum atomic E-state index is 12.7. The molecule has 3 rings (SSSR count). The van der Waals surface area contributed by atoms with Gasteiger partial charge in [0.25, 0.3) is 5.91 Å². The summed E-state index contributed by atoms with van der Waals surface area (Å²) < 4.78 is 22.3. The van der Waals surface area contributed by atoms with Crippen LogP contribution in [0.1, 0.15) is 6.42 Å². The summed E-state index contributed by atoms with van der Waals surface area (Å²) in [5, 5.41) is 0. The van der Waals surface area contributed by atoms with Gasteiger partial charge in [-0.2, -0.15) is 0 Å². The Hall–Kier alpha value is -2.16. The van der Waals surface area contributed by atoms with E-state index in [2.05, 4.69) is 0 Å². The summed E-state index contributed by atoms with van der Waals surface area (Å²) in [6.07, 6.45) is 0.703. The molecule has 1 unspecified atom stereocenters. The van der Waals surface area contributed by atoms with E-state index in [1.807, 2.05) is 30.3 Å². The van der Waals surface area contributed by atoms with Gasteiger partial charge in [0.15, 0.2) is 6.61 Å². The van der Waals surface area contributed by atoms with Crippen molar-refractivity contribution in [2.45, 2.75) is 12.2 Å². The van der Waals surface area contributed by atoms with E-state index in [1.54, 1.807) is 9.80 Å². The van der Waals surface area contributed by atoms with Crippen molar-refractivity contribution in [2.24, 2.45) is 0 Å². The van der Waals surface area contributed by atoms with Crippen LogP contribution in [0, 0.1) is 0 Å². The molecule has 2 aliphatic heterocycles. The number of amides is 2. The summed E-state index contributed by atoms with van der Waals surface area (Å²) in [4.78, 5) is 28.2. The zero-order valence-electron chi connectivity index (χ0n) is 15.6. The van der Waals surface area contributed by atoms with Gasteiger partial charge in [-0.05, 0) is 18.6 Å². The molecule has 2 aliphatic rings. The van der Waals surface area contributed by atoms with Crippen LogP contribution in [0.25, 0.3) is 0 Å². The molecule has 0 N–H and O–H groups in total. The van der Waals surface area contributed by atoms with Crippen molar-refractivity contribution in [1.82, 2.24) is 9.80 Å². The summed E-state index contributed by atoms with van der Waals surface area (Å²) in [6, 6.07) is 9.22. The minimum absolute atomic E-state index is 0.0175. The van der Waals surface area contributed by atoms with E-state index >= 15 is 0 Å². The summed E-state index contributed by atoms with van der Waals surface area (Å²) in [5.74, 6) is -0.594. The average Bonchev–Trinajstić information content (AvgIpc) is 2.90. The second-order valence-corrected chi connectivity index (χ2v) is 6.63. The van der Waals surface area contributed by atoms with E-state index in [1.165, 1.54) is 7.11 Å². The lowest BCUT2D eigenvalue weighted by atomic mass is 10.2. The molecular formula is C19H26N2O6. The Labute approximate surface area is 158 Å². The Kier molecular flexibility index (Phi) is 6.65. The number of rotatable bonds is 5. The Morgan fingerprint density at radius 2 is 1.67 bits per heavy atom. The lowest BCUT2D eigenvalue weighted by Crippen LogP contribution is -2.60. The van der Waals surface area contributed by atoms with Gasteiger partial charge in [-0.25, -0.2) is 0 Å². The second kappa shape index (κ2) is 9.16. The van der Waals surface area contributed by atoms with E-state index in [-0.39, 0.29) is 38.1 Å². The molecule has 8 nitrogen and oxygen atoms in total. The Morgan fingerprint density at radius 3 is 2.41 bits per heavy atom. The molecule has 1 aromatic carbocycles. The van der Waals surface area contributed by atoms with Gasteiger partial charge in [-0.3, -0.25) is 9.59 Å². The van der Waals surface area contributed by atoms with Crippen LogP contribution in [0.5, 0.6) is 5.75 Å². The smallest absolute Gasteiger partial charge is 0.260 e. The van der Waals surface area contributed by atoms with Crippen molar-refractivity contribution in [3.05, 3.63) is 30.3 Å². The normalized spacial score (nSPS) is 23.1. The van der Waals surface area contributed by atoms with Gasteiger partial charge in [0.05, 0.1) is 26.3 Å². The molecule has 0 aromatic heterocycles. The van der Waals surface area contributed by atoms with Crippen molar-refractivity contribution < 1.29 is 28.5 Å². The number of carbonyl (C=O) groups is 2. The minimum Gasteiger partial charge on any atom is -0.484 e. The second-order valence-electron chi connectivity index (χ2n) is 6.63. The third-order valence-electron chi connectivity index (χ3n) is 4.61. The molecule has 0 saturated carbocycles. The Morgan fingerprint density at radius 1 is 1.00 bits per heavy atom. The van der Waals surface area contributed by atoms with Crippen molar-refractivity contribution in [1.29, 1.82) is 0 Å². The molecule has 0 aliphatic carbocycles. The number of carbonyl (C=O) groups excluding carboxylic acids is 2. The van der Waals surface area contributed by atoms with E-state index in [9.17, 15) is 9.59 Å². The summed E-state index contributed by atoms with van der Waals surface area (Å²) in [5.41, 5.74) is 0. The fourth-order valence-electron chi connectivity index (χ4n) is 3.26. The van der Waals surface area contributed by atoms with Crippen LogP contribution < -0.4 is 4.74 Å². The Bertz CT molecular complexity index is 640. The van der Waals surface area contributed by atoms with E-state index < -0.39 is 5.79 Å². The summed E-state index contributed by atoms with van der Waals surface area (Å²) in [6.45, 7) is 2.38. The molecule has 0 bridgehead atoms. The highest BCUT2D eigenvalue weighted by Crippen LogP contribution is 2.24. The predicted octanol–water partition coefficient (Wildman–Crippen LogP) is 0.516. The SMILES string of the molecule is COCC(=O)N1CCOC2(C1)CN(C(=O)COc1ccccc1)CCCO2. The maximum Gasteiger partial charge on any atom is 0.260 e. The van der Waals surface area contributed by atoms with Gasteiger partial charge in [-0.15, -0.1) is 0 Å². The van der Waals surface area contributed by atoms with Gasteiger partial charge in [-0.1, -0.05) is 18.2 Å². The quantitative estimate of drug-likeness (QED) is 0.743. The van der Waals surface area contributed by atoms with Crippen molar-refractivity contribution in [2.75, 3.05) is 59.7 Å². The van der Waals surface area contributed by atoms with Crippen LogP contribution in [-0.4, -0.2) is 87.1 Å². The molecule has 2 heterocycles. The first kappa shape index (κ1) is 19.6. The van der Waals surface area contributed by atoms with Crippen LogP contribution in [0.15, 0.2) is 30.3 Å². The fourth-order valence-corrected chi connectivity index (χ4v) is 3.26. The summed E-state index contributed by atoms with van der Waals surface area (Å²) >= 11 is 0. The first-order valence-corrected chi connectivity index (χ1v) is 9.12. The molecule has 1 spiro atoms. The van der Waals surface area contributed by atoms with E-state index in [4.69, 9.17) is 18.9 Å². The van der Waals surface area contributed by atoms with Gasteiger partial charge in [0, 0.05) is 20.2 Å². The number of morpholine rings is 1. The average molecular weight is 378 g/mol. The molecule has 148 valence electrons. The molecule has 0 radical (unpaired) electrons. The molecule has 1 atom stereocenters. The molecule has 2 fully saturated rings. The topological polar surface area (TPSA) is 77.5 Å². The van der Waals surface area contributed by atoms with Crippen LogP contribution in [0.3, 0.4) is 0 Å². The molecule has 2 amide bonds. The number of ether oxygens (including phenoxy) is 4. The monoisotopic (exact) mass is 378 g/mol. The number of para-hydroxylation sites is 1. The number of methoxy groups -OCH3 is 1. The maximum absolute atomic E-state index is 12.7. The van der Waals surface area contributed by atoms with E-state index in [0.717, 1.165) is 0 Å². The zero-order chi connectivity index (χ0) is 19.1. The standard InChI is InChI=1S/C19H26N2O6/c1-24-12-17(22)21-9-11-27-19(15-21)14-20(8-5-10-26-19)18(23)13-25-16-6-3-2-4-7-16/h2-4,6-7H,5,8-15H2,1H3. The van der Waals surface area contributed by atoms with Crippen LogP contribution in [0.4, 0.5) is 0 Å². The van der Waals surface area contributed by atoms with Crippen molar-refractivity contribution >= 4 is 11.8 Å². The molecule has 8 heteroatoms. The first-order valence-electron chi connectivity index (χ1n) is 9.12. The number of hydrogen-bond donors (Lipinski definition) is 0. The van der Waals surface area contributed by atoms with Gasteiger partial charge < -0.3 is 28.7 Å². The van der Waals surface area contributed by atoms with Crippen molar-refractivity contribution in [3.63, 3.8) is 0 Å². The first-order chi connectivity index (χ1) is 13.1. The lowest BCUT2D eigenvalue weighted by Gasteiger charge is -2.43. The van der Waals surface area contributed by atoms with E-state index in [0.29, 0.717) is 38.5 Å². The lowest BCUT2D eigenvalue weighted by molar-refractivity contribution is -0.264. The molecular weight excluding hydrogens is 352 g/mol. The Balaban J connectivity index is 1.62.